The van der Waals surface area contributed by atoms with E-state index in [1.165, 1.54) is 10.5 Å². The molecule has 0 amide bonds. The molecule has 11 aromatic rings. The van der Waals surface area contributed by atoms with Gasteiger partial charge in [0.15, 0.2) is 0 Å². The molecule has 0 aliphatic heterocycles. The van der Waals surface area contributed by atoms with Crippen molar-refractivity contribution in [2.75, 3.05) is 25.9 Å². The normalized spacial score (nSPS) is 10.9. The van der Waals surface area contributed by atoms with Crippen LogP contribution in [0.25, 0.3) is 11.1 Å². The summed E-state index contributed by atoms with van der Waals surface area (Å²) in [6.45, 7) is 0. The second-order valence-electron chi connectivity index (χ2n) is 17.4. The lowest BCUT2D eigenvalue weighted by Crippen LogP contribution is -2.16. The smallest absolute Gasteiger partial charge is 0.0503 e. The highest BCUT2D eigenvalue weighted by Crippen LogP contribution is 2.48. The van der Waals surface area contributed by atoms with Crippen LogP contribution in [-0.4, -0.2) is 6.26 Å². The summed E-state index contributed by atoms with van der Waals surface area (Å²) >= 11 is 3.56. The van der Waals surface area contributed by atoms with Gasteiger partial charge in [-0.05, 0) is 163 Å². The molecule has 0 saturated heterocycles. The quantitative estimate of drug-likeness (QED) is 0.0889. The van der Waals surface area contributed by atoms with E-state index in [4.69, 9.17) is 0 Å². The second-order valence-corrected chi connectivity index (χ2v) is 19.4. The van der Waals surface area contributed by atoms with Crippen LogP contribution in [0, 0.1) is 0 Å². The van der Waals surface area contributed by atoms with Crippen LogP contribution in [-0.2, 0) is 0 Å². The highest BCUT2D eigenvalue weighted by atomic mass is 32.2. The fourth-order valence-electron chi connectivity index (χ4n) is 9.43. The van der Waals surface area contributed by atoms with Gasteiger partial charge in [-0.15, -0.1) is 11.8 Å². The predicted octanol–water partition coefficient (Wildman–Crippen LogP) is 20.1. The Morgan fingerprint density at radius 1 is 0.233 bits per heavy atom. The predicted molar refractivity (Wildman–Crippen MR) is 313 cm³/mol. The van der Waals surface area contributed by atoms with E-state index >= 15 is 0 Å². The molecular weight excluding hydrogens is 925 g/mol. The topological polar surface area (TPSA) is 13.0 Å². The monoisotopic (exact) mass is 976 g/mol. The minimum Gasteiger partial charge on any atom is -0.310 e. The van der Waals surface area contributed by atoms with Gasteiger partial charge in [0.05, 0.1) is 17.1 Å². The Bertz CT molecular complexity index is 3310. The molecule has 0 aliphatic rings. The van der Waals surface area contributed by atoms with Crippen LogP contribution in [0.5, 0.6) is 0 Å². The molecule has 0 bridgehead atoms. The van der Waals surface area contributed by atoms with Gasteiger partial charge in [0, 0.05) is 65.9 Å². The number of anilines is 12. The van der Waals surface area contributed by atoms with Gasteiger partial charge in [-0.3, -0.25) is 0 Å². The first kappa shape index (κ1) is 46.7. The van der Waals surface area contributed by atoms with Gasteiger partial charge in [0.1, 0.15) is 0 Å². The molecule has 11 aromatic carbocycles. The summed E-state index contributed by atoms with van der Waals surface area (Å²) in [5.74, 6) is 0. The number of rotatable bonds is 16. The van der Waals surface area contributed by atoms with Crippen molar-refractivity contribution in [1.82, 2.24) is 0 Å². The summed E-state index contributed by atoms with van der Waals surface area (Å²) in [5, 5.41) is 0. The van der Waals surface area contributed by atoms with Crippen LogP contribution in [0.15, 0.2) is 312 Å². The van der Waals surface area contributed by atoms with E-state index in [-0.39, 0.29) is 0 Å². The maximum Gasteiger partial charge on any atom is 0.0503 e. The van der Waals surface area contributed by atoms with E-state index in [0.29, 0.717) is 0 Å². The standard InChI is InChI=1S/C67H52N4S2/c1-72-67-43-24-23-42-66(67)51-44-60(68(52-26-9-2-10-27-52)53-28-11-3-12-29-53)50-65(45-51)73-64-41-25-40-59(49-64)71(58-38-21-8-22-39-58)63-47-61(69(54-30-13-4-14-31-54)55-32-15-5-16-33-55)46-62(48-63)70(56-34-17-6-18-35-56)57-36-19-7-20-37-57/h2-50H,1H3. The van der Waals surface area contributed by atoms with Crippen molar-refractivity contribution < 1.29 is 0 Å². The maximum atomic E-state index is 2.39. The largest absolute Gasteiger partial charge is 0.310 e. The van der Waals surface area contributed by atoms with Gasteiger partial charge >= 0.3 is 0 Å². The number of thioether (sulfide) groups is 1. The minimum absolute atomic E-state index is 1.01. The maximum absolute atomic E-state index is 2.39. The van der Waals surface area contributed by atoms with E-state index < -0.39 is 0 Å². The van der Waals surface area contributed by atoms with E-state index in [1.54, 1.807) is 23.5 Å². The summed E-state index contributed by atoms with van der Waals surface area (Å²) in [6, 6.07) is 106. The SMILES string of the molecule is CSc1ccccc1-c1cc(Sc2cccc(N(c3ccccc3)c3cc(N(c4ccccc4)c4ccccc4)cc(N(c4ccccc4)c4ccccc4)c3)c2)cc(N(c2ccccc2)c2ccccc2)c1. The van der Waals surface area contributed by atoms with Gasteiger partial charge in [-0.25, -0.2) is 0 Å². The third-order valence-corrected chi connectivity index (χ3v) is 14.4. The fourth-order valence-corrected chi connectivity index (χ4v) is 11.0. The van der Waals surface area contributed by atoms with Crippen molar-refractivity contribution in [1.29, 1.82) is 0 Å². The Balaban J connectivity index is 1.09. The van der Waals surface area contributed by atoms with Crippen LogP contribution >= 0.6 is 23.5 Å². The zero-order valence-electron chi connectivity index (χ0n) is 40.4. The second kappa shape index (κ2) is 22.2. The lowest BCUT2D eigenvalue weighted by Gasteiger charge is -2.33. The first-order chi connectivity index (χ1) is 36.2. The molecule has 0 heterocycles. The van der Waals surface area contributed by atoms with Crippen molar-refractivity contribution in [2.24, 2.45) is 0 Å². The number of benzene rings is 11. The molecule has 0 fully saturated rings. The van der Waals surface area contributed by atoms with Crippen LogP contribution in [0.1, 0.15) is 0 Å². The molecule has 0 N–H and O–H groups in total. The van der Waals surface area contributed by atoms with E-state index in [1.807, 2.05) is 0 Å². The Labute approximate surface area is 438 Å². The molecule has 73 heavy (non-hydrogen) atoms. The Hall–Kier alpha value is -8.68. The zero-order valence-corrected chi connectivity index (χ0v) is 42.0. The lowest BCUT2D eigenvalue weighted by molar-refractivity contribution is 1.22. The molecular formula is C67H52N4S2. The van der Waals surface area contributed by atoms with E-state index in [2.05, 4.69) is 323 Å². The Kier molecular flexibility index (Phi) is 14.2. The van der Waals surface area contributed by atoms with Crippen molar-refractivity contribution in [3.05, 3.63) is 297 Å². The first-order valence-electron chi connectivity index (χ1n) is 24.4. The molecule has 0 radical (unpaired) electrons. The zero-order chi connectivity index (χ0) is 49.2. The van der Waals surface area contributed by atoms with Gasteiger partial charge < -0.3 is 19.6 Å². The van der Waals surface area contributed by atoms with Crippen molar-refractivity contribution in [3.63, 3.8) is 0 Å². The summed E-state index contributed by atoms with van der Waals surface area (Å²) in [7, 11) is 0. The van der Waals surface area contributed by atoms with Gasteiger partial charge in [0.2, 0.25) is 0 Å². The minimum atomic E-state index is 1.01. The molecule has 0 atom stereocenters. The van der Waals surface area contributed by atoms with Crippen LogP contribution < -0.4 is 19.6 Å². The molecule has 352 valence electrons. The third kappa shape index (κ3) is 10.5. The van der Waals surface area contributed by atoms with Crippen LogP contribution in [0.3, 0.4) is 0 Å². The summed E-state index contributed by atoms with van der Waals surface area (Å²) in [6.07, 6.45) is 2.16. The molecule has 0 spiro atoms. The highest BCUT2D eigenvalue weighted by molar-refractivity contribution is 7.99. The Morgan fingerprint density at radius 2 is 0.534 bits per heavy atom. The van der Waals surface area contributed by atoms with Crippen LogP contribution in [0.2, 0.25) is 0 Å². The average Bonchev–Trinajstić information content (AvgIpc) is 3.45. The van der Waals surface area contributed by atoms with Crippen molar-refractivity contribution in [2.45, 2.75) is 14.7 Å². The van der Waals surface area contributed by atoms with E-state index in [9.17, 15) is 0 Å². The highest BCUT2D eigenvalue weighted by Gasteiger charge is 2.23. The molecule has 0 unspecified atom stereocenters. The summed E-state index contributed by atoms with van der Waals surface area (Å²) < 4.78 is 0. The summed E-state index contributed by atoms with van der Waals surface area (Å²) in [5.41, 5.74) is 15.0. The third-order valence-electron chi connectivity index (χ3n) is 12.6. The number of nitrogens with zero attached hydrogens (tertiary/aromatic N) is 4. The number of para-hydroxylation sites is 7. The molecule has 6 heteroatoms. The average molecular weight is 977 g/mol. The molecule has 4 nitrogen and oxygen atoms in total. The van der Waals surface area contributed by atoms with Gasteiger partial charge in [0.25, 0.3) is 0 Å². The first-order valence-corrected chi connectivity index (χ1v) is 26.5. The summed E-state index contributed by atoms with van der Waals surface area (Å²) in [4.78, 5) is 12.9. The lowest BCUT2D eigenvalue weighted by atomic mass is 10.0. The Morgan fingerprint density at radius 3 is 0.904 bits per heavy atom. The molecule has 0 aromatic heterocycles. The van der Waals surface area contributed by atoms with E-state index in [0.717, 1.165) is 83.6 Å². The van der Waals surface area contributed by atoms with Gasteiger partial charge in [-0.2, -0.15) is 0 Å². The number of hydrogen-bond donors (Lipinski definition) is 0. The molecule has 11 rings (SSSR count). The number of hydrogen-bond acceptors (Lipinski definition) is 6. The fraction of sp³-hybridized carbons (Fsp3) is 0.0149. The van der Waals surface area contributed by atoms with Gasteiger partial charge in [-0.1, -0.05) is 163 Å². The van der Waals surface area contributed by atoms with Crippen LogP contribution in [0.4, 0.5) is 68.2 Å². The van der Waals surface area contributed by atoms with Crippen molar-refractivity contribution >= 4 is 91.8 Å². The molecule has 0 saturated carbocycles. The van der Waals surface area contributed by atoms with Crippen molar-refractivity contribution in [3.8, 4) is 11.1 Å². The molecule has 0 aliphatic carbocycles.